The van der Waals surface area contributed by atoms with Gasteiger partial charge in [0.2, 0.25) is 0 Å². The van der Waals surface area contributed by atoms with Crippen LogP contribution in [0.4, 0.5) is 5.82 Å². The Morgan fingerprint density at radius 2 is 1.81 bits per heavy atom. The summed E-state index contributed by atoms with van der Waals surface area (Å²) in [7, 11) is 0. The molecule has 0 spiro atoms. The number of anilines is 1. The van der Waals surface area contributed by atoms with Gasteiger partial charge in [-0.05, 0) is 46.9 Å². The van der Waals surface area contributed by atoms with Crippen LogP contribution in [0.25, 0.3) is 11.0 Å². The van der Waals surface area contributed by atoms with Crippen molar-refractivity contribution in [3.8, 4) is 0 Å². The number of rotatable bonds is 6. The zero-order chi connectivity index (χ0) is 17.8. The van der Waals surface area contributed by atoms with E-state index < -0.39 is 0 Å². The second-order valence-corrected chi connectivity index (χ2v) is 6.42. The predicted molar refractivity (Wildman–Crippen MR) is 106 cm³/mol. The summed E-state index contributed by atoms with van der Waals surface area (Å²) in [5.41, 5.74) is 6.07. The zero-order valence-corrected chi connectivity index (χ0v) is 14.9. The number of aromatic amines is 1. The Bertz CT molecular complexity index is 1000. The molecule has 4 rings (SSSR count). The fourth-order valence-electron chi connectivity index (χ4n) is 3.27. The first-order valence-corrected chi connectivity index (χ1v) is 9.00. The van der Waals surface area contributed by atoms with Crippen LogP contribution in [-0.4, -0.2) is 15.0 Å². The minimum Gasteiger partial charge on any atom is -0.366 e. The maximum Gasteiger partial charge on any atom is 0.137 e. The highest BCUT2D eigenvalue weighted by Gasteiger charge is 2.06. The highest BCUT2D eigenvalue weighted by atomic mass is 15.0. The predicted octanol–water partition coefficient (Wildman–Crippen LogP) is 4.72. The Hall–Kier alpha value is -3.14. The van der Waals surface area contributed by atoms with Crippen LogP contribution in [0.1, 0.15) is 29.2 Å². The van der Waals surface area contributed by atoms with Gasteiger partial charge in [0.1, 0.15) is 11.5 Å². The van der Waals surface area contributed by atoms with Crippen LogP contribution in [0.2, 0.25) is 0 Å². The van der Waals surface area contributed by atoms with Gasteiger partial charge in [0, 0.05) is 36.9 Å². The van der Waals surface area contributed by atoms with E-state index in [1.54, 1.807) is 6.20 Å². The molecule has 0 saturated carbocycles. The van der Waals surface area contributed by atoms with Gasteiger partial charge in [-0.15, -0.1) is 0 Å². The molecule has 2 N–H and O–H groups in total. The summed E-state index contributed by atoms with van der Waals surface area (Å²) in [6.45, 7) is 2.98. The normalized spacial score (nSPS) is 11.0. The van der Waals surface area contributed by atoms with Crippen molar-refractivity contribution in [1.29, 1.82) is 0 Å². The van der Waals surface area contributed by atoms with Crippen molar-refractivity contribution in [2.45, 2.75) is 26.3 Å². The number of hydrogen-bond acceptors (Lipinski definition) is 3. The third-order valence-corrected chi connectivity index (χ3v) is 4.72. The lowest BCUT2D eigenvalue weighted by molar-refractivity contribution is 1.03. The molecule has 3 heterocycles. The first kappa shape index (κ1) is 16.3. The monoisotopic (exact) mass is 342 g/mol. The lowest BCUT2D eigenvalue weighted by Gasteiger charge is -2.10. The van der Waals surface area contributed by atoms with E-state index in [1.165, 1.54) is 27.6 Å². The zero-order valence-electron chi connectivity index (χ0n) is 14.9. The second-order valence-electron chi connectivity index (χ2n) is 6.42. The van der Waals surface area contributed by atoms with Gasteiger partial charge in [0.05, 0.1) is 0 Å². The average Bonchev–Trinajstić information content (AvgIpc) is 3.11. The van der Waals surface area contributed by atoms with Crippen LogP contribution in [0.5, 0.6) is 0 Å². The van der Waals surface area contributed by atoms with E-state index in [0.717, 1.165) is 30.9 Å². The molecule has 4 nitrogen and oxygen atoms in total. The molecule has 0 unspecified atom stereocenters. The number of H-pyrrole nitrogens is 1. The van der Waals surface area contributed by atoms with Gasteiger partial charge in [0.15, 0.2) is 0 Å². The van der Waals surface area contributed by atoms with Crippen molar-refractivity contribution >= 4 is 16.9 Å². The molecule has 0 aliphatic rings. The number of benzene rings is 1. The van der Waals surface area contributed by atoms with Crippen molar-refractivity contribution in [2.75, 3.05) is 5.32 Å². The number of aromatic nitrogens is 3. The van der Waals surface area contributed by atoms with E-state index in [4.69, 9.17) is 0 Å². The molecule has 0 aliphatic carbocycles. The number of fused-ring (bicyclic) bond motifs is 1. The Labute approximate surface area is 153 Å². The van der Waals surface area contributed by atoms with Crippen LogP contribution >= 0.6 is 0 Å². The molecule has 26 heavy (non-hydrogen) atoms. The summed E-state index contributed by atoms with van der Waals surface area (Å²) in [6.07, 6.45) is 7.68. The molecule has 130 valence electrons. The Balaban J connectivity index is 1.43. The van der Waals surface area contributed by atoms with Crippen molar-refractivity contribution in [2.24, 2.45) is 0 Å². The Morgan fingerprint density at radius 3 is 2.62 bits per heavy atom. The van der Waals surface area contributed by atoms with Gasteiger partial charge in [-0.25, -0.2) is 9.97 Å². The molecular formula is C22H22N4. The smallest absolute Gasteiger partial charge is 0.137 e. The number of nitrogens with one attached hydrogen (secondary N) is 2. The number of hydrogen-bond donors (Lipinski definition) is 2. The number of nitrogens with zero attached hydrogens (tertiary/aromatic N) is 2. The minimum atomic E-state index is 0.796. The standard InChI is InChI=1S/C22H22N4/c1-2-17-6-3-4-7-18(17)14-25-21-10-9-16(13-24-21)12-19-15-26-22-20(19)8-5-11-23-22/h3-11,13,15H,2,12,14H2,1H3,(H,23,26)(H,24,25). The molecule has 0 aliphatic heterocycles. The quantitative estimate of drug-likeness (QED) is 0.533. The fraction of sp³-hybridized carbons (Fsp3) is 0.182. The van der Waals surface area contributed by atoms with Crippen molar-refractivity contribution in [3.05, 3.63) is 89.4 Å². The molecular weight excluding hydrogens is 320 g/mol. The van der Waals surface area contributed by atoms with Crippen LogP contribution in [-0.2, 0) is 19.4 Å². The van der Waals surface area contributed by atoms with E-state index in [1.807, 2.05) is 18.5 Å². The molecule has 1 aromatic carbocycles. The average molecular weight is 342 g/mol. The molecule has 4 heteroatoms. The molecule has 0 atom stereocenters. The van der Waals surface area contributed by atoms with Crippen LogP contribution < -0.4 is 5.32 Å². The van der Waals surface area contributed by atoms with Crippen molar-refractivity contribution in [1.82, 2.24) is 15.0 Å². The first-order valence-electron chi connectivity index (χ1n) is 9.00. The summed E-state index contributed by atoms with van der Waals surface area (Å²) >= 11 is 0. The summed E-state index contributed by atoms with van der Waals surface area (Å²) in [5.74, 6) is 0.903. The Kier molecular flexibility index (Phi) is 4.65. The molecule has 0 radical (unpaired) electrons. The van der Waals surface area contributed by atoms with Gasteiger partial charge in [-0.3, -0.25) is 0 Å². The minimum absolute atomic E-state index is 0.796. The van der Waals surface area contributed by atoms with Gasteiger partial charge >= 0.3 is 0 Å². The lowest BCUT2D eigenvalue weighted by atomic mass is 10.1. The van der Waals surface area contributed by atoms with Gasteiger partial charge in [0.25, 0.3) is 0 Å². The Morgan fingerprint density at radius 1 is 0.923 bits per heavy atom. The number of aryl methyl sites for hydroxylation is 1. The summed E-state index contributed by atoms with van der Waals surface area (Å²) < 4.78 is 0. The largest absolute Gasteiger partial charge is 0.366 e. The third-order valence-electron chi connectivity index (χ3n) is 4.72. The van der Waals surface area contributed by atoms with E-state index in [-0.39, 0.29) is 0 Å². The van der Waals surface area contributed by atoms with E-state index in [0.29, 0.717) is 0 Å². The van der Waals surface area contributed by atoms with E-state index in [2.05, 4.69) is 69.7 Å². The molecule has 0 fully saturated rings. The lowest BCUT2D eigenvalue weighted by Crippen LogP contribution is -2.04. The maximum absolute atomic E-state index is 4.57. The van der Waals surface area contributed by atoms with Crippen LogP contribution in [0, 0.1) is 0 Å². The summed E-state index contributed by atoms with van der Waals surface area (Å²) in [5, 5.41) is 4.60. The van der Waals surface area contributed by atoms with E-state index in [9.17, 15) is 0 Å². The van der Waals surface area contributed by atoms with Gasteiger partial charge in [-0.2, -0.15) is 0 Å². The third kappa shape index (κ3) is 3.45. The van der Waals surface area contributed by atoms with Crippen LogP contribution in [0.3, 0.4) is 0 Å². The van der Waals surface area contributed by atoms with Crippen LogP contribution in [0.15, 0.2) is 67.1 Å². The highest BCUT2D eigenvalue weighted by molar-refractivity contribution is 5.79. The van der Waals surface area contributed by atoms with Crippen molar-refractivity contribution in [3.63, 3.8) is 0 Å². The number of pyridine rings is 2. The SMILES string of the molecule is CCc1ccccc1CNc1ccc(Cc2c[nH]c3ncccc23)cn1. The molecule has 0 saturated heterocycles. The van der Waals surface area contributed by atoms with Crippen molar-refractivity contribution < 1.29 is 0 Å². The summed E-state index contributed by atoms with van der Waals surface area (Å²) in [6, 6.07) is 16.8. The van der Waals surface area contributed by atoms with Gasteiger partial charge < -0.3 is 10.3 Å². The molecule has 0 bridgehead atoms. The second kappa shape index (κ2) is 7.40. The first-order chi connectivity index (χ1) is 12.8. The maximum atomic E-state index is 4.57. The molecule has 4 aromatic rings. The van der Waals surface area contributed by atoms with Gasteiger partial charge in [-0.1, -0.05) is 37.3 Å². The molecule has 3 aromatic heterocycles. The molecule has 0 amide bonds. The topological polar surface area (TPSA) is 53.6 Å². The summed E-state index contributed by atoms with van der Waals surface area (Å²) in [4.78, 5) is 12.1. The highest BCUT2D eigenvalue weighted by Crippen LogP contribution is 2.19. The fourth-order valence-corrected chi connectivity index (χ4v) is 3.27. The van der Waals surface area contributed by atoms with E-state index >= 15 is 0 Å².